The Labute approximate surface area is 87.9 Å². The summed E-state index contributed by atoms with van der Waals surface area (Å²) in [5.41, 5.74) is 6.77. The van der Waals surface area contributed by atoms with Crippen molar-refractivity contribution in [1.82, 2.24) is 0 Å². The van der Waals surface area contributed by atoms with E-state index in [1.54, 1.807) is 12.3 Å². The maximum absolute atomic E-state index is 13.7. The van der Waals surface area contributed by atoms with Gasteiger partial charge in [-0.15, -0.1) is 0 Å². The van der Waals surface area contributed by atoms with Gasteiger partial charge < -0.3 is 10.2 Å². The fourth-order valence-corrected chi connectivity index (χ4v) is 1.88. The Morgan fingerprint density at radius 3 is 2.93 bits per heavy atom. The summed E-state index contributed by atoms with van der Waals surface area (Å²) >= 11 is 0. The normalized spacial score (nSPS) is 13.3. The Morgan fingerprint density at radius 2 is 2.20 bits per heavy atom. The molecule has 3 heteroatoms. The number of hydrogen-bond donors (Lipinski definition) is 1. The minimum atomic E-state index is -0.210. The lowest BCUT2D eigenvalue weighted by Crippen LogP contribution is -2.06. The third kappa shape index (κ3) is 1.75. The summed E-state index contributed by atoms with van der Waals surface area (Å²) in [6, 6.07) is 5.06. The molecule has 1 atom stereocenters. The van der Waals surface area contributed by atoms with E-state index in [-0.39, 0.29) is 11.7 Å². The third-order valence-electron chi connectivity index (χ3n) is 2.70. The number of hydrogen-bond acceptors (Lipinski definition) is 2. The zero-order chi connectivity index (χ0) is 10.8. The first-order valence-electron chi connectivity index (χ1n) is 5.09. The highest BCUT2D eigenvalue weighted by atomic mass is 19.1. The maximum Gasteiger partial charge on any atom is 0.140 e. The van der Waals surface area contributed by atoms with E-state index >= 15 is 0 Å². The van der Waals surface area contributed by atoms with Crippen molar-refractivity contribution >= 4 is 11.0 Å². The molecule has 0 spiro atoms. The van der Waals surface area contributed by atoms with Crippen LogP contribution in [0.5, 0.6) is 0 Å². The quantitative estimate of drug-likeness (QED) is 0.840. The number of furan rings is 1. The van der Waals surface area contributed by atoms with E-state index in [0.29, 0.717) is 17.7 Å². The maximum atomic E-state index is 13.7. The Bertz CT molecular complexity index is 464. The first kappa shape index (κ1) is 10.2. The molecule has 1 unspecified atom stereocenters. The Morgan fingerprint density at radius 1 is 1.40 bits per heavy atom. The van der Waals surface area contributed by atoms with E-state index in [1.165, 1.54) is 6.07 Å². The van der Waals surface area contributed by atoms with Crippen LogP contribution in [0.2, 0.25) is 0 Å². The molecule has 1 aromatic heterocycles. The summed E-state index contributed by atoms with van der Waals surface area (Å²) in [6.07, 6.45) is 2.35. The van der Waals surface area contributed by atoms with Crippen LogP contribution in [-0.4, -0.2) is 6.54 Å². The molecule has 1 heterocycles. The summed E-state index contributed by atoms with van der Waals surface area (Å²) in [7, 11) is 0. The summed E-state index contributed by atoms with van der Waals surface area (Å²) in [5, 5.41) is 0.940. The first-order chi connectivity index (χ1) is 7.24. The van der Waals surface area contributed by atoms with Gasteiger partial charge in [0.15, 0.2) is 0 Å². The van der Waals surface area contributed by atoms with Gasteiger partial charge >= 0.3 is 0 Å². The summed E-state index contributed by atoms with van der Waals surface area (Å²) < 4.78 is 19.0. The van der Waals surface area contributed by atoms with Crippen LogP contribution >= 0.6 is 0 Å². The van der Waals surface area contributed by atoms with Gasteiger partial charge in [-0.05, 0) is 37.1 Å². The van der Waals surface area contributed by atoms with Crippen LogP contribution < -0.4 is 5.73 Å². The minimum Gasteiger partial charge on any atom is -0.464 e. The van der Waals surface area contributed by atoms with Gasteiger partial charge in [0.2, 0.25) is 0 Å². The summed E-state index contributed by atoms with van der Waals surface area (Å²) in [5.74, 6) is -0.122. The molecule has 0 bridgehead atoms. The van der Waals surface area contributed by atoms with Gasteiger partial charge in [-0.1, -0.05) is 6.92 Å². The second-order valence-corrected chi connectivity index (χ2v) is 3.78. The van der Waals surface area contributed by atoms with Gasteiger partial charge in [-0.2, -0.15) is 0 Å². The lowest BCUT2D eigenvalue weighted by Gasteiger charge is -2.11. The number of nitrogens with two attached hydrogens (primary N) is 1. The molecule has 2 nitrogen and oxygen atoms in total. The molecule has 0 aliphatic rings. The van der Waals surface area contributed by atoms with Crippen molar-refractivity contribution in [2.24, 2.45) is 5.73 Å². The standard InChI is InChI=1S/C12H14FNO/c1-8(4-6-14)11-10(13)3-2-9-5-7-15-12(9)11/h2-3,5,7-8H,4,6,14H2,1H3. The molecule has 0 fully saturated rings. The largest absolute Gasteiger partial charge is 0.464 e. The van der Waals surface area contributed by atoms with Crippen LogP contribution in [0.3, 0.4) is 0 Å². The van der Waals surface area contributed by atoms with Crippen molar-refractivity contribution in [2.45, 2.75) is 19.3 Å². The van der Waals surface area contributed by atoms with Crippen LogP contribution in [-0.2, 0) is 0 Å². The highest BCUT2D eigenvalue weighted by Crippen LogP contribution is 2.30. The predicted octanol–water partition coefficient (Wildman–Crippen LogP) is 3.02. The van der Waals surface area contributed by atoms with Crippen LogP contribution in [0, 0.1) is 5.82 Å². The predicted molar refractivity (Wildman–Crippen MR) is 58.3 cm³/mol. The van der Waals surface area contributed by atoms with Crippen molar-refractivity contribution in [2.75, 3.05) is 6.54 Å². The zero-order valence-electron chi connectivity index (χ0n) is 8.66. The van der Waals surface area contributed by atoms with Gasteiger partial charge in [0.1, 0.15) is 11.4 Å². The molecule has 2 aromatic rings. The van der Waals surface area contributed by atoms with E-state index < -0.39 is 0 Å². The lowest BCUT2D eigenvalue weighted by molar-refractivity contribution is 0.555. The Kier molecular flexibility index (Phi) is 2.73. The minimum absolute atomic E-state index is 0.0878. The average molecular weight is 207 g/mol. The molecule has 0 saturated heterocycles. The summed E-state index contributed by atoms with van der Waals surface area (Å²) in [4.78, 5) is 0. The number of halogens is 1. The monoisotopic (exact) mass is 207 g/mol. The van der Waals surface area contributed by atoms with E-state index in [4.69, 9.17) is 10.2 Å². The number of benzene rings is 1. The highest BCUT2D eigenvalue weighted by Gasteiger charge is 2.16. The molecule has 0 aliphatic heterocycles. The molecule has 2 rings (SSSR count). The molecule has 0 radical (unpaired) electrons. The van der Waals surface area contributed by atoms with Crippen molar-refractivity contribution in [3.05, 3.63) is 35.8 Å². The van der Waals surface area contributed by atoms with Crippen LogP contribution in [0.15, 0.2) is 28.9 Å². The smallest absolute Gasteiger partial charge is 0.140 e. The molecule has 0 aliphatic carbocycles. The molecule has 1 aromatic carbocycles. The first-order valence-corrected chi connectivity index (χ1v) is 5.09. The average Bonchev–Trinajstić information content (AvgIpc) is 2.65. The van der Waals surface area contributed by atoms with Crippen molar-refractivity contribution < 1.29 is 8.81 Å². The molecule has 80 valence electrons. The van der Waals surface area contributed by atoms with Gasteiger partial charge in [0.25, 0.3) is 0 Å². The van der Waals surface area contributed by atoms with Crippen molar-refractivity contribution in [3.8, 4) is 0 Å². The van der Waals surface area contributed by atoms with Gasteiger partial charge in [-0.3, -0.25) is 0 Å². The Hall–Kier alpha value is -1.35. The molecular weight excluding hydrogens is 193 g/mol. The topological polar surface area (TPSA) is 39.2 Å². The number of fused-ring (bicyclic) bond motifs is 1. The second kappa shape index (κ2) is 4.03. The molecule has 2 N–H and O–H groups in total. The highest BCUT2D eigenvalue weighted by molar-refractivity contribution is 5.81. The number of rotatable bonds is 3. The van der Waals surface area contributed by atoms with Gasteiger partial charge in [-0.25, -0.2) is 4.39 Å². The van der Waals surface area contributed by atoms with E-state index in [2.05, 4.69) is 0 Å². The SMILES string of the molecule is CC(CCN)c1c(F)ccc2ccoc12. The summed E-state index contributed by atoms with van der Waals surface area (Å²) in [6.45, 7) is 2.52. The van der Waals surface area contributed by atoms with Crippen LogP contribution in [0.4, 0.5) is 4.39 Å². The fraction of sp³-hybridized carbons (Fsp3) is 0.333. The van der Waals surface area contributed by atoms with Gasteiger partial charge in [0.05, 0.1) is 6.26 Å². The molecule has 0 amide bonds. The van der Waals surface area contributed by atoms with Crippen LogP contribution in [0.25, 0.3) is 11.0 Å². The third-order valence-corrected chi connectivity index (χ3v) is 2.70. The fourth-order valence-electron chi connectivity index (χ4n) is 1.88. The lowest BCUT2D eigenvalue weighted by atomic mass is 9.96. The molecule has 0 saturated carbocycles. The molecular formula is C12H14FNO. The van der Waals surface area contributed by atoms with E-state index in [9.17, 15) is 4.39 Å². The van der Waals surface area contributed by atoms with Gasteiger partial charge in [0, 0.05) is 10.9 Å². The van der Waals surface area contributed by atoms with Crippen molar-refractivity contribution in [1.29, 1.82) is 0 Å². The molecule has 15 heavy (non-hydrogen) atoms. The van der Waals surface area contributed by atoms with Crippen molar-refractivity contribution in [3.63, 3.8) is 0 Å². The second-order valence-electron chi connectivity index (χ2n) is 3.78. The van der Waals surface area contributed by atoms with Crippen LogP contribution in [0.1, 0.15) is 24.8 Å². The van der Waals surface area contributed by atoms with E-state index in [1.807, 2.05) is 13.0 Å². The van der Waals surface area contributed by atoms with E-state index in [0.717, 1.165) is 11.8 Å². The Balaban J connectivity index is 2.55. The zero-order valence-corrected chi connectivity index (χ0v) is 8.66.